The number of rotatable bonds is 3. The largest absolute Gasteiger partial charge is 0.469 e. The fraction of sp³-hybridized carbons (Fsp3) is 0.429. The molecule has 10 heavy (non-hydrogen) atoms. The van der Waals surface area contributed by atoms with E-state index in [0.29, 0.717) is 6.54 Å². The summed E-state index contributed by atoms with van der Waals surface area (Å²) in [6, 6.07) is 3.60. The summed E-state index contributed by atoms with van der Waals surface area (Å²) in [5.74, 6) is 0.708. The van der Waals surface area contributed by atoms with E-state index >= 15 is 0 Å². The summed E-state index contributed by atoms with van der Waals surface area (Å²) in [7, 11) is 0. The molecule has 1 aromatic rings. The fourth-order valence-corrected chi connectivity index (χ4v) is 0.804. The van der Waals surface area contributed by atoms with Gasteiger partial charge in [-0.1, -0.05) is 0 Å². The smallest absolute Gasteiger partial charge is 0.110 e. The lowest BCUT2D eigenvalue weighted by atomic mass is 10.1. The fourth-order valence-electron chi connectivity index (χ4n) is 0.804. The van der Waals surface area contributed by atoms with Crippen LogP contribution in [0.5, 0.6) is 0 Å². The van der Waals surface area contributed by atoms with Gasteiger partial charge < -0.3 is 15.3 Å². The first kappa shape index (κ1) is 7.31. The molecule has 3 N–H and O–H groups in total. The number of furan rings is 1. The van der Waals surface area contributed by atoms with Crippen molar-refractivity contribution in [3.63, 3.8) is 0 Å². The molecule has 0 aliphatic heterocycles. The predicted molar refractivity (Wildman–Crippen MR) is 37.6 cm³/mol. The number of hydrogen-bond acceptors (Lipinski definition) is 3. The van der Waals surface area contributed by atoms with E-state index in [1.54, 1.807) is 12.3 Å². The van der Waals surface area contributed by atoms with Gasteiger partial charge >= 0.3 is 0 Å². The standard InChI is InChI=1S/C7H11NO2/c8-4-6(5-9)7-2-1-3-10-7/h1-3,6,9H,4-5,8H2. The lowest BCUT2D eigenvalue weighted by molar-refractivity contribution is 0.252. The molecule has 0 radical (unpaired) electrons. The van der Waals surface area contributed by atoms with Crippen molar-refractivity contribution < 1.29 is 9.52 Å². The van der Waals surface area contributed by atoms with Crippen LogP contribution in [0.15, 0.2) is 22.8 Å². The lowest BCUT2D eigenvalue weighted by Gasteiger charge is -2.05. The van der Waals surface area contributed by atoms with E-state index in [2.05, 4.69) is 0 Å². The number of nitrogens with two attached hydrogens (primary N) is 1. The molecule has 0 spiro atoms. The maximum atomic E-state index is 8.76. The molecule has 1 unspecified atom stereocenters. The van der Waals surface area contributed by atoms with E-state index < -0.39 is 0 Å². The highest BCUT2D eigenvalue weighted by Crippen LogP contribution is 2.13. The van der Waals surface area contributed by atoms with Crippen molar-refractivity contribution in [3.8, 4) is 0 Å². The molecule has 1 atom stereocenters. The van der Waals surface area contributed by atoms with E-state index in [0.717, 1.165) is 5.76 Å². The zero-order chi connectivity index (χ0) is 7.40. The highest BCUT2D eigenvalue weighted by molar-refractivity contribution is 5.05. The monoisotopic (exact) mass is 141 g/mol. The maximum absolute atomic E-state index is 8.76. The third-order valence-corrected chi connectivity index (χ3v) is 1.45. The summed E-state index contributed by atoms with van der Waals surface area (Å²) in [4.78, 5) is 0. The molecule has 0 fully saturated rings. The van der Waals surface area contributed by atoms with Crippen molar-refractivity contribution in [2.24, 2.45) is 5.73 Å². The Hall–Kier alpha value is -0.800. The molecule has 3 heteroatoms. The summed E-state index contributed by atoms with van der Waals surface area (Å²) >= 11 is 0. The Balaban J connectivity index is 2.64. The first-order valence-electron chi connectivity index (χ1n) is 3.22. The van der Waals surface area contributed by atoms with Crippen LogP contribution in [0.4, 0.5) is 0 Å². The molecule has 0 bridgehead atoms. The average molecular weight is 141 g/mol. The van der Waals surface area contributed by atoms with Crippen LogP contribution < -0.4 is 5.73 Å². The minimum absolute atomic E-state index is 0.0456. The highest BCUT2D eigenvalue weighted by Gasteiger charge is 2.09. The molecular weight excluding hydrogens is 130 g/mol. The first-order chi connectivity index (χ1) is 4.88. The molecule has 0 aliphatic carbocycles. The van der Waals surface area contributed by atoms with Crippen LogP contribution in [0.25, 0.3) is 0 Å². The van der Waals surface area contributed by atoms with Gasteiger partial charge in [0.05, 0.1) is 18.8 Å². The molecule has 1 rings (SSSR count). The van der Waals surface area contributed by atoms with Crippen molar-refractivity contribution in [2.45, 2.75) is 5.92 Å². The predicted octanol–water partition coefficient (Wildman–Crippen LogP) is 0.314. The van der Waals surface area contributed by atoms with Crippen molar-refractivity contribution >= 4 is 0 Å². The van der Waals surface area contributed by atoms with Gasteiger partial charge in [0.2, 0.25) is 0 Å². The molecule has 0 amide bonds. The van der Waals surface area contributed by atoms with Crippen LogP contribution in [0.3, 0.4) is 0 Å². The Kier molecular flexibility index (Phi) is 2.48. The quantitative estimate of drug-likeness (QED) is 0.637. The van der Waals surface area contributed by atoms with Gasteiger partial charge in [0.25, 0.3) is 0 Å². The molecule has 0 saturated carbocycles. The minimum Gasteiger partial charge on any atom is -0.469 e. The van der Waals surface area contributed by atoms with Crippen molar-refractivity contribution in [1.29, 1.82) is 0 Å². The zero-order valence-corrected chi connectivity index (χ0v) is 5.66. The molecule has 3 nitrogen and oxygen atoms in total. The Morgan fingerprint density at radius 1 is 1.70 bits per heavy atom. The van der Waals surface area contributed by atoms with Gasteiger partial charge in [-0.15, -0.1) is 0 Å². The summed E-state index contributed by atoms with van der Waals surface area (Å²) in [6.45, 7) is 0.466. The Bertz CT molecular complexity index is 168. The maximum Gasteiger partial charge on any atom is 0.110 e. The summed E-state index contributed by atoms with van der Waals surface area (Å²) in [5, 5.41) is 8.76. The van der Waals surface area contributed by atoms with Crippen molar-refractivity contribution in [2.75, 3.05) is 13.2 Å². The number of aliphatic hydroxyl groups excluding tert-OH is 1. The third-order valence-electron chi connectivity index (χ3n) is 1.45. The van der Waals surface area contributed by atoms with Crippen LogP contribution in [-0.2, 0) is 0 Å². The van der Waals surface area contributed by atoms with Gasteiger partial charge in [0, 0.05) is 6.54 Å². The second-order valence-corrected chi connectivity index (χ2v) is 2.13. The molecule has 56 valence electrons. The molecule has 1 heterocycles. The van der Waals surface area contributed by atoms with Gasteiger partial charge in [0.15, 0.2) is 0 Å². The summed E-state index contributed by atoms with van der Waals surface area (Å²) < 4.78 is 5.04. The van der Waals surface area contributed by atoms with E-state index in [1.807, 2.05) is 6.07 Å². The average Bonchev–Trinajstić information content (AvgIpc) is 2.43. The van der Waals surface area contributed by atoms with Gasteiger partial charge in [-0.2, -0.15) is 0 Å². The van der Waals surface area contributed by atoms with E-state index in [1.165, 1.54) is 0 Å². The number of hydrogen-bond donors (Lipinski definition) is 2. The third kappa shape index (κ3) is 1.37. The summed E-state index contributed by atoms with van der Waals surface area (Å²) in [5.41, 5.74) is 5.35. The first-order valence-corrected chi connectivity index (χ1v) is 3.22. The second kappa shape index (κ2) is 3.39. The van der Waals surface area contributed by atoms with Gasteiger partial charge in [0.1, 0.15) is 5.76 Å². The minimum atomic E-state index is -0.0463. The van der Waals surface area contributed by atoms with Crippen LogP contribution in [0.1, 0.15) is 11.7 Å². The van der Waals surface area contributed by atoms with Gasteiger partial charge in [-0.25, -0.2) is 0 Å². The van der Waals surface area contributed by atoms with E-state index in [9.17, 15) is 0 Å². The SMILES string of the molecule is NCC(CO)c1ccco1. The van der Waals surface area contributed by atoms with E-state index in [4.69, 9.17) is 15.3 Å². The molecule has 0 saturated heterocycles. The van der Waals surface area contributed by atoms with Crippen LogP contribution in [0, 0.1) is 0 Å². The Labute approximate surface area is 59.5 Å². The molecular formula is C7H11NO2. The Morgan fingerprint density at radius 3 is 2.90 bits per heavy atom. The molecule has 1 aromatic heterocycles. The van der Waals surface area contributed by atoms with Crippen LogP contribution in [0.2, 0.25) is 0 Å². The molecule has 0 aromatic carbocycles. The second-order valence-electron chi connectivity index (χ2n) is 2.13. The normalized spacial score (nSPS) is 13.4. The number of aliphatic hydroxyl groups is 1. The topological polar surface area (TPSA) is 59.4 Å². The zero-order valence-electron chi connectivity index (χ0n) is 5.66. The van der Waals surface area contributed by atoms with Crippen molar-refractivity contribution in [1.82, 2.24) is 0 Å². The van der Waals surface area contributed by atoms with Gasteiger partial charge in [-0.3, -0.25) is 0 Å². The van der Waals surface area contributed by atoms with Crippen LogP contribution in [-0.4, -0.2) is 18.3 Å². The van der Waals surface area contributed by atoms with Crippen LogP contribution >= 0.6 is 0 Å². The van der Waals surface area contributed by atoms with E-state index in [-0.39, 0.29) is 12.5 Å². The summed E-state index contributed by atoms with van der Waals surface area (Å²) in [6.07, 6.45) is 1.58. The molecule has 0 aliphatic rings. The lowest BCUT2D eigenvalue weighted by Crippen LogP contribution is -2.15. The Morgan fingerprint density at radius 2 is 2.50 bits per heavy atom. The van der Waals surface area contributed by atoms with Crippen molar-refractivity contribution in [3.05, 3.63) is 24.2 Å². The van der Waals surface area contributed by atoms with Gasteiger partial charge in [-0.05, 0) is 12.1 Å². The highest BCUT2D eigenvalue weighted by atomic mass is 16.3.